The molecule has 1 amide bonds. The van der Waals surface area contributed by atoms with Gasteiger partial charge in [0.15, 0.2) is 0 Å². The number of hydrogen-bond acceptors (Lipinski definition) is 4. The van der Waals surface area contributed by atoms with E-state index in [1.165, 1.54) is 5.56 Å². The summed E-state index contributed by atoms with van der Waals surface area (Å²) in [6.07, 6.45) is 0. The van der Waals surface area contributed by atoms with Crippen LogP contribution in [0, 0.1) is 27.7 Å². The number of anilines is 2. The van der Waals surface area contributed by atoms with Gasteiger partial charge in [-0.15, -0.1) is 0 Å². The predicted molar refractivity (Wildman–Crippen MR) is 108 cm³/mol. The first-order valence-electron chi connectivity index (χ1n) is 8.95. The average molecular weight is 360 g/mol. The molecule has 0 spiro atoms. The summed E-state index contributed by atoms with van der Waals surface area (Å²) >= 11 is 0. The van der Waals surface area contributed by atoms with Crippen molar-refractivity contribution < 1.29 is 4.79 Å². The lowest BCUT2D eigenvalue weighted by Gasteiger charge is -2.12. The van der Waals surface area contributed by atoms with Crippen LogP contribution in [-0.2, 0) is 6.54 Å². The summed E-state index contributed by atoms with van der Waals surface area (Å²) in [4.78, 5) is 21.3. The Labute approximate surface area is 159 Å². The molecule has 138 valence electrons. The SMILES string of the molecule is Cc1ccc(Nc2cc(C(=O)NCc3ccccc3C)nc(C)n2)c(C)c1. The number of aromatic nitrogens is 2. The summed E-state index contributed by atoms with van der Waals surface area (Å²) in [6.45, 7) is 8.38. The van der Waals surface area contributed by atoms with Gasteiger partial charge in [0, 0.05) is 18.3 Å². The number of aryl methyl sites for hydroxylation is 4. The molecule has 0 unspecified atom stereocenters. The van der Waals surface area contributed by atoms with E-state index in [0.717, 1.165) is 22.4 Å². The summed E-state index contributed by atoms with van der Waals surface area (Å²) in [6, 6.07) is 15.8. The fourth-order valence-corrected chi connectivity index (χ4v) is 2.91. The Morgan fingerprint density at radius 3 is 2.44 bits per heavy atom. The normalized spacial score (nSPS) is 10.5. The van der Waals surface area contributed by atoms with Gasteiger partial charge in [-0.3, -0.25) is 4.79 Å². The van der Waals surface area contributed by atoms with Crippen molar-refractivity contribution in [3.05, 3.63) is 82.3 Å². The molecule has 0 aliphatic rings. The highest BCUT2D eigenvalue weighted by Crippen LogP contribution is 2.21. The summed E-state index contributed by atoms with van der Waals surface area (Å²) in [5.74, 6) is 0.939. The van der Waals surface area contributed by atoms with Crippen molar-refractivity contribution in [2.24, 2.45) is 0 Å². The molecule has 3 aromatic rings. The Hall–Kier alpha value is -3.21. The van der Waals surface area contributed by atoms with Gasteiger partial charge >= 0.3 is 0 Å². The van der Waals surface area contributed by atoms with Crippen LogP contribution in [-0.4, -0.2) is 15.9 Å². The molecule has 0 bridgehead atoms. The fraction of sp³-hybridized carbons (Fsp3) is 0.227. The number of carbonyl (C=O) groups is 1. The number of benzene rings is 2. The van der Waals surface area contributed by atoms with Crippen LogP contribution in [0.15, 0.2) is 48.5 Å². The number of nitrogens with zero attached hydrogens (tertiary/aromatic N) is 2. The largest absolute Gasteiger partial charge is 0.347 e. The quantitative estimate of drug-likeness (QED) is 0.708. The van der Waals surface area contributed by atoms with Crippen molar-refractivity contribution in [1.29, 1.82) is 0 Å². The number of hydrogen-bond donors (Lipinski definition) is 2. The van der Waals surface area contributed by atoms with E-state index >= 15 is 0 Å². The Morgan fingerprint density at radius 2 is 1.70 bits per heavy atom. The van der Waals surface area contributed by atoms with Gasteiger partial charge in [0.05, 0.1) is 0 Å². The first kappa shape index (κ1) is 18.6. The number of carbonyl (C=O) groups excluding carboxylic acids is 1. The molecule has 0 aliphatic heterocycles. The third-order valence-electron chi connectivity index (χ3n) is 4.42. The van der Waals surface area contributed by atoms with Crippen LogP contribution in [0.25, 0.3) is 0 Å². The zero-order valence-electron chi connectivity index (χ0n) is 16.1. The molecule has 0 fully saturated rings. The van der Waals surface area contributed by atoms with Crippen LogP contribution in [0.4, 0.5) is 11.5 Å². The summed E-state index contributed by atoms with van der Waals surface area (Å²) in [5, 5.41) is 6.22. The second-order valence-electron chi connectivity index (χ2n) is 6.74. The smallest absolute Gasteiger partial charge is 0.270 e. The molecule has 3 rings (SSSR count). The minimum atomic E-state index is -0.215. The van der Waals surface area contributed by atoms with Gasteiger partial charge in [-0.05, 0) is 50.5 Å². The predicted octanol–water partition coefficient (Wildman–Crippen LogP) is 4.38. The van der Waals surface area contributed by atoms with Gasteiger partial charge in [-0.1, -0.05) is 42.0 Å². The zero-order chi connectivity index (χ0) is 19.4. The monoisotopic (exact) mass is 360 g/mol. The number of nitrogens with one attached hydrogen (secondary N) is 2. The summed E-state index contributed by atoms with van der Waals surface area (Å²) in [5.41, 5.74) is 5.87. The molecule has 27 heavy (non-hydrogen) atoms. The first-order chi connectivity index (χ1) is 12.9. The lowest BCUT2D eigenvalue weighted by molar-refractivity contribution is 0.0945. The second-order valence-corrected chi connectivity index (χ2v) is 6.74. The number of rotatable bonds is 5. The standard InChI is InChI=1S/C22H24N4O/c1-14-9-10-19(16(3)11-14)26-21-12-20(24-17(4)25-21)22(27)23-13-18-8-6-5-7-15(18)2/h5-12H,13H2,1-4H3,(H,23,27)(H,24,25,26). The molecule has 0 radical (unpaired) electrons. The highest BCUT2D eigenvalue weighted by atomic mass is 16.1. The molecule has 1 heterocycles. The molecule has 0 atom stereocenters. The highest BCUT2D eigenvalue weighted by molar-refractivity contribution is 5.93. The molecular formula is C22H24N4O. The minimum Gasteiger partial charge on any atom is -0.347 e. The molecule has 1 aromatic heterocycles. The number of amides is 1. The van der Waals surface area contributed by atoms with E-state index in [4.69, 9.17) is 0 Å². The Balaban J connectivity index is 1.76. The second kappa shape index (κ2) is 7.99. The zero-order valence-corrected chi connectivity index (χ0v) is 16.1. The third kappa shape index (κ3) is 4.70. The van der Waals surface area contributed by atoms with E-state index in [1.54, 1.807) is 13.0 Å². The minimum absolute atomic E-state index is 0.215. The van der Waals surface area contributed by atoms with Crippen molar-refractivity contribution in [3.63, 3.8) is 0 Å². The van der Waals surface area contributed by atoms with Gasteiger partial charge in [-0.2, -0.15) is 0 Å². The molecule has 0 saturated heterocycles. The molecule has 0 aliphatic carbocycles. The molecule has 0 saturated carbocycles. The van der Waals surface area contributed by atoms with E-state index in [1.807, 2.05) is 50.2 Å². The van der Waals surface area contributed by atoms with Crippen molar-refractivity contribution in [2.45, 2.75) is 34.2 Å². The van der Waals surface area contributed by atoms with Gasteiger partial charge in [0.2, 0.25) is 0 Å². The van der Waals surface area contributed by atoms with E-state index in [-0.39, 0.29) is 5.91 Å². The van der Waals surface area contributed by atoms with Crippen LogP contribution >= 0.6 is 0 Å². The maximum atomic E-state index is 12.6. The Bertz CT molecular complexity index is 982. The first-order valence-corrected chi connectivity index (χ1v) is 8.95. The Morgan fingerprint density at radius 1 is 0.926 bits per heavy atom. The topological polar surface area (TPSA) is 66.9 Å². The van der Waals surface area contributed by atoms with Crippen molar-refractivity contribution in [1.82, 2.24) is 15.3 Å². The van der Waals surface area contributed by atoms with Crippen LogP contribution < -0.4 is 10.6 Å². The lowest BCUT2D eigenvalue weighted by atomic mass is 10.1. The van der Waals surface area contributed by atoms with E-state index in [9.17, 15) is 4.79 Å². The molecular weight excluding hydrogens is 336 g/mol. The molecule has 5 heteroatoms. The maximum absolute atomic E-state index is 12.6. The fourth-order valence-electron chi connectivity index (χ4n) is 2.91. The van der Waals surface area contributed by atoms with Crippen LogP contribution in [0.5, 0.6) is 0 Å². The van der Waals surface area contributed by atoms with Crippen LogP contribution in [0.1, 0.15) is 38.6 Å². The van der Waals surface area contributed by atoms with Gasteiger partial charge in [0.1, 0.15) is 17.3 Å². The van der Waals surface area contributed by atoms with E-state index in [2.05, 4.69) is 33.6 Å². The van der Waals surface area contributed by atoms with E-state index < -0.39 is 0 Å². The van der Waals surface area contributed by atoms with Gasteiger partial charge in [0.25, 0.3) is 5.91 Å². The molecule has 2 N–H and O–H groups in total. The van der Waals surface area contributed by atoms with Crippen LogP contribution in [0.2, 0.25) is 0 Å². The van der Waals surface area contributed by atoms with Crippen molar-refractivity contribution in [2.75, 3.05) is 5.32 Å². The molecule has 5 nitrogen and oxygen atoms in total. The highest BCUT2D eigenvalue weighted by Gasteiger charge is 2.11. The summed E-state index contributed by atoms with van der Waals surface area (Å²) in [7, 11) is 0. The van der Waals surface area contributed by atoms with E-state index in [0.29, 0.717) is 23.9 Å². The molecule has 2 aromatic carbocycles. The lowest BCUT2D eigenvalue weighted by Crippen LogP contribution is -2.24. The van der Waals surface area contributed by atoms with Gasteiger partial charge in [-0.25, -0.2) is 9.97 Å². The summed E-state index contributed by atoms with van der Waals surface area (Å²) < 4.78 is 0. The van der Waals surface area contributed by atoms with Crippen molar-refractivity contribution in [3.8, 4) is 0 Å². The van der Waals surface area contributed by atoms with Gasteiger partial charge < -0.3 is 10.6 Å². The average Bonchev–Trinajstić information content (AvgIpc) is 2.63. The Kier molecular flexibility index (Phi) is 5.50. The maximum Gasteiger partial charge on any atom is 0.270 e. The third-order valence-corrected chi connectivity index (χ3v) is 4.42. The van der Waals surface area contributed by atoms with Crippen molar-refractivity contribution >= 4 is 17.4 Å². The van der Waals surface area contributed by atoms with Crippen LogP contribution in [0.3, 0.4) is 0 Å².